The SMILES string of the molecule is COC(=O)[C@@H](Cc1ccc(Oc2ccc(CC3SC(=O)NC3=O)cc2)cc1)NC(=O)OC(C)(C)C. The molecular weight excluding hydrogens is 472 g/mol. The molecule has 1 heterocycles. The quantitative estimate of drug-likeness (QED) is 0.522. The minimum absolute atomic E-state index is 0.218. The lowest BCUT2D eigenvalue weighted by atomic mass is 10.1. The lowest BCUT2D eigenvalue weighted by Gasteiger charge is -2.22. The lowest BCUT2D eigenvalue weighted by molar-refractivity contribution is -0.143. The molecule has 3 rings (SSSR count). The zero-order valence-electron chi connectivity index (χ0n) is 20.0. The van der Waals surface area contributed by atoms with Gasteiger partial charge in [-0.2, -0.15) is 0 Å². The van der Waals surface area contributed by atoms with Gasteiger partial charge < -0.3 is 19.5 Å². The summed E-state index contributed by atoms with van der Waals surface area (Å²) in [4.78, 5) is 47.3. The zero-order chi connectivity index (χ0) is 25.6. The summed E-state index contributed by atoms with van der Waals surface area (Å²) in [6.45, 7) is 5.21. The van der Waals surface area contributed by atoms with Crippen LogP contribution in [-0.2, 0) is 31.9 Å². The molecule has 0 bridgehead atoms. The van der Waals surface area contributed by atoms with Gasteiger partial charge >= 0.3 is 12.1 Å². The molecule has 2 aromatic rings. The van der Waals surface area contributed by atoms with Gasteiger partial charge in [0.25, 0.3) is 5.24 Å². The van der Waals surface area contributed by atoms with Gasteiger partial charge in [-0.25, -0.2) is 9.59 Å². The summed E-state index contributed by atoms with van der Waals surface area (Å²) in [5.41, 5.74) is 1.02. The Morgan fingerprint density at radius 2 is 1.57 bits per heavy atom. The van der Waals surface area contributed by atoms with Gasteiger partial charge in [0, 0.05) is 6.42 Å². The van der Waals surface area contributed by atoms with Crippen molar-refractivity contribution >= 4 is 35.0 Å². The van der Waals surface area contributed by atoms with E-state index in [-0.39, 0.29) is 17.6 Å². The number of hydrogen-bond donors (Lipinski definition) is 2. The number of hydrogen-bond acceptors (Lipinski definition) is 8. The van der Waals surface area contributed by atoms with Gasteiger partial charge in [0.1, 0.15) is 23.1 Å². The normalized spacial score (nSPS) is 16.3. The molecule has 3 amide bonds. The maximum absolute atomic E-state index is 12.1. The molecule has 186 valence electrons. The third kappa shape index (κ3) is 8.03. The van der Waals surface area contributed by atoms with Crippen LogP contribution in [-0.4, -0.2) is 47.2 Å². The van der Waals surface area contributed by atoms with E-state index in [0.717, 1.165) is 22.9 Å². The second-order valence-corrected chi connectivity index (χ2v) is 10.1. The van der Waals surface area contributed by atoms with Crippen molar-refractivity contribution in [3.63, 3.8) is 0 Å². The first-order valence-electron chi connectivity index (χ1n) is 11.0. The highest BCUT2D eigenvalue weighted by Gasteiger charge is 2.31. The Kier molecular flexibility index (Phi) is 8.39. The van der Waals surface area contributed by atoms with Crippen LogP contribution in [0, 0.1) is 0 Å². The number of benzene rings is 2. The van der Waals surface area contributed by atoms with Gasteiger partial charge in [0.2, 0.25) is 5.91 Å². The summed E-state index contributed by atoms with van der Waals surface area (Å²) in [6.07, 6.45) is -0.0263. The van der Waals surface area contributed by atoms with Crippen molar-refractivity contribution in [2.75, 3.05) is 7.11 Å². The molecule has 0 spiro atoms. The molecule has 1 aliphatic rings. The second-order valence-electron chi connectivity index (χ2n) is 8.90. The average molecular weight is 501 g/mol. The topological polar surface area (TPSA) is 120 Å². The van der Waals surface area contributed by atoms with E-state index in [9.17, 15) is 19.2 Å². The van der Waals surface area contributed by atoms with Crippen molar-refractivity contribution in [2.45, 2.75) is 50.5 Å². The fourth-order valence-electron chi connectivity index (χ4n) is 3.29. The van der Waals surface area contributed by atoms with Crippen molar-refractivity contribution < 1.29 is 33.4 Å². The summed E-state index contributed by atoms with van der Waals surface area (Å²) in [5.74, 6) is 0.359. The van der Waals surface area contributed by atoms with Crippen molar-refractivity contribution in [3.05, 3.63) is 59.7 Å². The number of carbonyl (C=O) groups excluding carboxylic acids is 4. The Morgan fingerprint density at radius 1 is 1.00 bits per heavy atom. The van der Waals surface area contributed by atoms with Crippen LogP contribution in [0.15, 0.2) is 48.5 Å². The monoisotopic (exact) mass is 500 g/mol. The van der Waals surface area contributed by atoms with Crippen LogP contribution in [0.3, 0.4) is 0 Å². The fourth-order valence-corrected chi connectivity index (χ4v) is 4.15. The average Bonchev–Trinajstić information content (AvgIpc) is 3.10. The summed E-state index contributed by atoms with van der Waals surface area (Å²) >= 11 is 0.999. The maximum atomic E-state index is 12.1. The minimum atomic E-state index is -0.899. The number of ether oxygens (including phenoxy) is 3. The summed E-state index contributed by atoms with van der Waals surface area (Å²) in [5, 5.41) is 4.10. The Labute approximate surface area is 207 Å². The highest BCUT2D eigenvalue weighted by atomic mass is 32.2. The Morgan fingerprint density at radius 3 is 2.06 bits per heavy atom. The van der Waals surface area contributed by atoms with Gasteiger partial charge in [0.15, 0.2) is 0 Å². The van der Waals surface area contributed by atoms with Crippen LogP contribution in [0.25, 0.3) is 0 Å². The van der Waals surface area contributed by atoms with Crippen LogP contribution in [0.1, 0.15) is 31.9 Å². The van der Waals surface area contributed by atoms with Gasteiger partial charge in [-0.05, 0) is 62.6 Å². The lowest BCUT2D eigenvalue weighted by Crippen LogP contribution is -2.45. The van der Waals surface area contributed by atoms with E-state index in [2.05, 4.69) is 10.6 Å². The molecule has 2 atom stereocenters. The van der Waals surface area contributed by atoms with Crippen LogP contribution in [0.5, 0.6) is 11.5 Å². The standard InChI is InChI=1S/C25H28N2O7S/c1-25(2,3)34-23(30)26-19(22(29)32-4)13-15-5-9-17(10-6-15)33-18-11-7-16(8-12-18)14-20-21(28)27-24(31)35-20/h5-12,19-20H,13-14H2,1-4H3,(H,26,30)(H,27,28,31)/t19-,20?/m1/s1. The number of methoxy groups -OCH3 is 1. The Bertz CT molecular complexity index is 1080. The maximum Gasteiger partial charge on any atom is 0.408 e. The molecule has 1 unspecified atom stereocenters. The van der Waals surface area contributed by atoms with Crippen molar-refractivity contribution in [1.82, 2.24) is 10.6 Å². The number of esters is 1. The van der Waals surface area contributed by atoms with Crippen LogP contribution in [0.4, 0.5) is 9.59 Å². The molecule has 0 aliphatic carbocycles. The number of thioether (sulfide) groups is 1. The van der Waals surface area contributed by atoms with E-state index < -0.39 is 29.0 Å². The highest BCUT2D eigenvalue weighted by Crippen LogP contribution is 2.26. The number of alkyl carbamates (subject to hydrolysis) is 1. The molecular formula is C25H28N2O7S. The van der Waals surface area contributed by atoms with E-state index in [1.807, 2.05) is 12.1 Å². The molecule has 1 saturated heterocycles. The molecule has 1 aliphatic heterocycles. The molecule has 2 aromatic carbocycles. The van der Waals surface area contributed by atoms with Crippen molar-refractivity contribution in [2.24, 2.45) is 0 Å². The van der Waals surface area contributed by atoms with E-state index in [1.54, 1.807) is 57.2 Å². The third-order valence-electron chi connectivity index (χ3n) is 4.89. The Balaban J connectivity index is 1.57. The summed E-state index contributed by atoms with van der Waals surface area (Å²) in [6, 6.07) is 13.5. The van der Waals surface area contributed by atoms with E-state index in [1.165, 1.54) is 7.11 Å². The molecule has 0 saturated carbocycles. The van der Waals surface area contributed by atoms with E-state index >= 15 is 0 Å². The van der Waals surface area contributed by atoms with Gasteiger partial charge in [-0.15, -0.1) is 0 Å². The first-order chi connectivity index (χ1) is 16.5. The van der Waals surface area contributed by atoms with Crippen LogP contribution >= 0.6 is 11.8 Å². The smallest absolute Gasteiger partial charge is 0.408 e. The number of amides is 3. The molecule has 1 fully saturated rings. The molecule has 9 nitrogen and oxygen atoms in total. The van der Waals surface area contributed by atoms with Crippen LogP contribution < -0.4 is 15.4 Å². The minimum Gasteiger partial charge on any atom is -0.467 e. The van der Waals surface area contributed by atoms with Crippen LogP contribution in [0.2, 0.25) is 0 Å². The van der Waals surface area contributed by atoms with Gasteiger partial charge in [-0.3, -0.25) is 14.9 Å². The van der Waals surface area contributed by atoms with Gasteiger partial charge in [0.05, 0.1) is 12.4 Å². The second kappa shape index (κ2) is 11.3. The summed E-state index contributed by atoms with van der Waals surface area (Å²) < 4.78 is 15.9. The van der Waals surface area contributed by atoms with Crippen molar-refractivity contribution in [1.29, 1.82) is 0 Å². The van der Waals surface area contributed by atoms with Crippen molar-refractivity contribution in [3.8, 4) is 11.5 Å². The predicted molar refractivity (Wildman–Crippen MR) is 130 cm³/mol. The van der Waals surface area contributed by atoms with Gasteiger partial charge in [-0.1, -0.05) is 36.0 Å². The fraction of sp³-hybridized carbons (Fsp3) is 0.360. The molecule has 2 N–H and O–H groups in total. The first kappa shape index (κ1) is 26.1. The molecule has 0 aromatic heterocycles. The molecule has 0 radical (unpaired) electrons. The Hall–Kier alpha value is -3.53. The van der Waals surface area contributed by atoms with E-state index in [4.69, 9.17) is 14.2 Å². The number of rotatable bonds is 8. The number of carbonyl (C=O) groups is 4. The summed E-state index contributed by atoms with van der Waals surface area (Å²) in [7, 11) is 1.26. The zero-order valence-corrected chi connectivity index (χ0v) is 20.8. The number of nitrogens with one attached hydrogen (secondary N) is 2. The molecule has 10 heteroatoms. The predicted octanol–water partition coefficient (Wildman–Crippen LogP) is 3.98. The highest BCUT2D eigenvalue weighted by molar-refractivity contribution is 8.15. The largest absolute Gasteiger partial charge is 0.467 e. The molecule has 35 heavy (non-hydrogen) atoms. The number of imide groups is 1. The third-order valence-corrected chi connectivity index (χ3v) is 5.87. The van der Waals surface area contributed by atoms with E-state index in [0.29, 0.717) is 17.9 Å². The first-order valence-corrected chi connectivity index (χ1v) is 11.8.